The monoisotopic (exact) mass is 417 g/mol. The fourth-order valence-corrected chi connectivity index (χ4v) is 2.97. The zero-order valence-electron chi connectivity index (χ0n) is 14.9. The van der Waals surface area contributed by atoms with E-state index in [1.807, 2.05) is 6.08 Å². The predicted molar refractivity (Wildman–Crippen MR) is 100 cm³/mol. The van der Waals surface area contributed by atoms with E-state index >= 15 is 0 Å². The molecule has 1 heterocycles. The van der Waals surface area contributed by atoms with Crippen molar-refractivity contribution in [2.75, 3.05) is 13.7 Å². The van der Waals surface area contributed by atoms with Gasteiger partial charge in [-0.2, -0.15) is 0 Å². The Bertz CT molecular complexity index is 474. The van der Waals surface area contributed by atoms with Gasteiger partial charge in [0.1, 0.15) is 6.10 Å². The quantitative estimate of drug-likeness (QED) is 0.419. The average molecular weight is 419 g/mol. The van der Waals surface area contributed by atoms with E-state index in [-0.39, 0.29) is 11.1 Å². The highest BCUT2D eigenvalue weighted by Crippen LogP contribution is 2.36. The van der Waals surface area contributed by atoms with Crippen LogP contribution in [0.2, 0.25) is 18.1 Å². The van der Waals surface area contributed by atoms with Crippen molar-refractivity contribution in [2.24, 2.45) is 0 Å². The zero-order chi connectivity index (χ0) is 18.8. The van der Waals surface area contributed by atoms with Crippen LogP contribution in [0.15, 0.2) is 12.2 Å². The van der Waals surface area contributed by atoms with E-state index in [9.17, 15) is 4.79 Å². The number of alkyl halides is 3. The number of amides is 1. The normalized spacial score (nSPS) is 25.6. The second kappa shape index (κ2) is 8.25. The van der Waals surface area contributed by atoms with Crippen LogP contribution in [-0.4, -0.2) is 50.2 Å². The van der Waals surface area contributed by atoms with Crippen LogP contribution in [0.5, 0.6) is 0 Å². The summed E-state index contributed by atoms with van der Waals surface area (Å²) in [6, 6.07) is -0.540. The molecule has 1 N–H and O–H groups in total. The summed E-state index contributed by atoms with van der Waals surface area (Å²) in [4.78, 5) is 11.8. The maximum atomic E-state index is 11.8. The summed E-state index contributed by atoms with van der Waals surface area (Å²) in [6.45, 7) is 11.3. The number of carbonyl (C=O) groups is 1. The first-order chi connectivity index (χ1) is 10.8. The summed E-state index contributed by atoms with van der Waals surface area (Å²) in [6.07, 6.45) is 2.65. The highest BCUT2D eigenvalue weighted by molar-refractivity contribution is 6.76. The lowest BCUT2D eigenvalue weighted by Gasteiger charge is -2.38. The fraction of sp³-hybridized carbons (Fsp3) is 0.800. The molecule has 5 nitrogen and oxygen atoms in total. The van der Waals surface area contributed by atoms with Gasteiger partial charge < -0.3 is 19.2 Å². The molecule has 24 heavy (non-hydrogen) atoms. The molecule has 0 saturated heterocycles. The van der Waals surface area contributed by atoms with Gasteiger partial charge in [0.15, 0.2) is 14.6 Å². The Morgan fingerprint density at radius 1 is 1.25 bits per heavy atom. The molecule has 0 spiro atoms. The van der Waals surface area contributed by atoms with E-state index in [4.69, 9.17) is 48.7 Å². The van der Waals surface area contributed by atoms with Crippen LogP contribution in [0.4, 0.5) is 0 Å². The van der Waals surface area contributed by atoms with Gasteiger partial charge in [0.2, 0.25) is 0 Å². The number of hydrogen-bond donors (Lipinski definition) is 1. The molecule has 1 aliphatic heterocycles. The number of methoxy groups -OCH3 is 1. The van der Waals surface area contributed by atoms with Gasteiger partial charge in [0, 0.05) is 7.11 Å². The summed E-state index contributed by atoms with van der Waals surface area (Å²) in [7, 11) is -0.376. The maximum Gasteiger partial charge on any atom is 0.272 e. The summed E-state index contributed by atoms with van der Waals surface area (Å²) >= 11 is 16.7. The molecule has 0 bridgehead atoms. The van der Waals surface area contributed by atoms with Crippen molar-refractivity contribution in [1.82, 2.24) is 5.32 Å². The lowest BCUT2D eigenvalue weighted by molar-refractivity contribution is -0.168. The SMILES string of the molecule is CO[C@H]1O[C@H](CO[Si](C)(C)C(C)(C)C)C=C[C@@H]1NC(=O)C(Cl)(Cl)Cl. The number of nitrogens with one attached hydrogen (secondary N) is 1. The second-order valence-electron chi connectivity index (χ2n) is 7.23. The fourth-order valence-electron chi connectivity index (χ4n) is 1.79. The highest BCUT2D eigenvalue weighted by atomic mass is 35.6. The minimum absolute atomic E-state index is 0.118. The number of rotatable bonds is 5. The molecule has 1 aliphatic rings. The van der Waals surface area contributed by atoms with Gasteiger partial charge in [-0.15, -0.1) is 0 Å². The van der Waals surface area contributed by atoms with Crippen molar-refractivity contribution >= 4 is 49.0 Å². The zero-order valence-corrected chi connectivity index (χ0v) is 18.1. The van der Waals surface area contributed by atoms with Crippen LogP contribution in [0.25, 0.3) is 0 Å². The van der Waals surface area contributed by atoms with E-state index in [0.29, 0.717) is 6.61 Å². The number of carbonyl (C=O) groups excluding carboxylic acids is 1. The Labute approximate surface area is 160 Å². The number of hydrogen-bond acceptors (Lipinski definition) is 4. The Kier molecular flexibility index (Phi) is 7.63. The molecule has 0 radical (unpaired) electrons. The minimum atomic E-state index is -2.03. The molecule has 1 rings (SSSR count). The third-order valence-corrected chi connectivity index (χ3v) is 9.35. The van der Waals surface area contributed by atoms with E-state index < -0.39 is 30.3 Å². The Morgan fingerprint density at radius 3 is 2.29 bits per heavy atom. The molecule has 0 aliphatic carbocycles. The topological polar surface area (TPSA) is 56.8 Å². The first-order valence-electron chi connectivity index (χ1n) is 7.66. The molecule has 9 heteroatoms. The van der Waals surface area contributed by atoms with Crippen LogP contribution in [0.3, 0.4) is 0 Å². The predicted octanol–water partition coefficient (Wildman–Crippen LogP) is 3.79. The summed E-state index contributed by atoms with van der Waals surface area (Å²) in [5.74, 6) is -0.733. The molecule has 0 aromatic carbocycles. The minimum Gasteiger partial charge on any atom is -0.414 e. The maximum absolute atomic E-state index is 11.8. The van der Waals surface area contributed by atoms with Gasteiger partial charge in [-0.25, -0.2) is 0 Å². The molecule has 0 unspecified atom stereocenters. The van der Waals surface area contributed by atoms with Crippen molar-refractivity contribution < 1.29 is 18.7 Å². The molecular formula is C15H26Cl3NO4Si. The lowest BCUT2D eigenvalue weighted by Crippen LogP contribution is -2.51. The number of ether oxygens (including phenoxy) is 2. The van der Waals surface area contributed by atoms with Crippen LogP contribution in [-0.2, 0) is 18.7 Å². The smallest absolute Gasteiger partial charge is 0.272 e. The van der Waals surface area contributed by atoms with Gasteiger partial charge in [-0.05, 0) is 18.1 Å². The largest absolute Gasteiger partial charge is 0.414 e. The molecule has 0 fully saturated rings. The summed E-state index contributed by atoms with van der Waals surface area (Å²) in [5.41, 5.74) is 0. The summed E-state index contributed by atoms with van der Waals surface area (Å²) < 4.78 is 15.2. The molecule has 3 atom stereocenters. The van der Waals surface area contributed by atoms with Crippen LogP contribution in [0, 0.1) is 0 Å². The molecule has 140 valence electrons. The third-order valence-electron chi connectivity index (χ3n) is 4.34. The highest BCUT2D eigenvalue weighted by Gasteiger charge is 2.39. The Balaban J connectivity index is 2.68. The molecule has 1 amide bonds. The molecule has 0 saturated carbocycles. The van der Waals surface area contributed by atoms with Crippen molar-refractivity contribution in [3.63, 3.8) is 0 Å². The van der Waals surface area contributed by atoms with E-state index in [2.05, 4.69) is 39.2 Å². The first-order valence-corrected chi connectivity index (χ1v) is 11.7. The molecule has 0 aromatic heterocycles. The standard InChI is InChI=1S/C15H26Cl3NO4Si/c1-14(2,3)24(5,6)22-9-10-7-8-11(12(21-4)23-10)19-13(20)15(16,17)18/h7-8,10-12H,9H2,1-6H3,(H,19,20)/t10-,11-,12-/m0/s1. The van der Waals surface area contributed by atoms with Crippen LogP contribution in [0.1, 0.15) is 20.8 Å². The summed E-state index contributed by atoms with van der Waals surface area (Å²) in [5, 5.41) is 2.69. The van der Waals surface area contributed by atoms with Crippen molar-refractivity contribution in [1.29, 1.82) is 0 Å². The van der Waals surface area contributed by atoms with Gasteiger partial charge in [-0.1, -0.05) is 67.7 Å². The van der Waals surface area contributed by atoms with Gasteiger partial charge in [0.05, 0.1) is 12.6 Å². The van der Waals surface area contributed by atoms with Crippen molar-refractivity contribution in [3.8, 4) is 0 Å². The number of halogens is 3. The van der Waals surface area contributed by atoms with E-state index in [1.165, 1.54) is 7.11 Å². The third kappa shape index (κ3) is 6.16. The Morgan fingerprint density at radius 2 is 1.83 bits per heavy atom. The molecular weight excluding hydrogens is 393 g/mol. The van der Waals surface area contributed by atoms with Crippen molar-refractivity contribution in [2.45, 2.75) is 61.1 Å². The van der Waals surface area contributed by atoms with Gasteiger partial charge in [0.25, 0.3) is 9.70 Å². The van der Waals surface area contributed by atoms with Crippen LogP contribution < -0.4 is 5.32 Å². The van der Waals surface area contributed by atoms with E-state index in [1.54, 1.807) is 6.08 Å². The van der Waals surface area contributed by atoms with Crippen LogP contribution >= 0.6 is 34.8 Å². The average Bonchev–Trinajstić information content (AvgIpc) is 2.43. The van der Waals surface area contributed by atoms with Gasteiger partial charge in [-0.3, -0.25) is 4.79 Å². The lowest BCUT2D eigenvalue weighted by atomic mass is 10.1. The van der Waals surface area contributed by atoms with E-state index in [0.717, 1.165) is 0 Å². The first kappa shape index (κ1) is 22.2. The van der Waals surface area contributed by atoms with Gasteiger partial charge >= 0.3 is 0 Å². The second-order valence-corrected chi connectivity index (χ2v) is 14.3. The molecule has 0 aromatic rings. The van der Waals surface area contributed by atoms with Crippen molar-refractivity contribution in [3.05, 3.63) is 12.2 Å². The Hall–Kier alpha value is 0.177.